The van der Waals surface area contributed by atoms with Crippen LogP contribution in [-0.2, 0) is 13.0 Å². The molecular weight excluding hydrogens is 312 g/mol. The maximum Gasteiger partial charge on any atom is 0.317 e. The highest BCUT2D eigenvalue weighted by molar-refractivity contribution is 7.07. The van der Waals surface area contributed by atoms with Gasteiger partial charge in [-0.3, -0.25) is 4.90 Å². The number of aromatic nitrogens is 1. The molecule has 124 valence electrons. The maximum absolute atomic E-state index is 12.2. The quantitative estimate of drug-likeness (QED) is 0.910. The van der Waals surface area contributed by atoms with Crippen LogP contribution in [0, 0.1) is 6.92 Å². The lowest BCUT2D eigenvalue weighted by Gasteiger charge is -2.34. The van der Waals surface area contributed by atoms with Gasteiger partial charge in [-0.1, -0.05) is 5.16 Å². The van der Waals surface area contributed by atoms with Crippen molar-refractivity contribution in [2.24, 2.45) is 0 Å². The third-order valence-corrected chi connectivity index (χ3v) is 4.72. The van der Waals surface area contributed by atoms with Gasteiger partial charge in [-0.15, -0.1) is 0 Å². The predicted octanol–water partition coefficient (Wildman–Crippen LogP) is 2.11. The van der Waals surface area contributed by atoms with Gasteiger partial charge in [0.25, 0.3) is 0 Å². The van der Waals surface area contributed by atoms with Crippen molar-refractivity contribution in [3.63, 3.8) is 0 Å². The number of aryl methyl sites for hydroxylation is 1. The normalized spacial score (nSPS) is 15.8. The highest BCUT2D eigenvalue weighted by Crippen LogP contribution is 2.10. The highest BCUT2D eigenvalue weighted by atomic mass is 32.1. The summed E-state index contributed by atoms with van der Waals surface area (Å²) >= 11 is 1.69. The van der Waals surface area contributed by atoms with Gasteiger partial charge in [-0.05, 0) is 35.7 Å². The van der Waals surface area contributed by atoms with Crippen molar-refractivity contribution in [2.75, 3.05) is 32.7 Å². The third-order valence-electron chi connectivity index (χ3n) is 3.99. The number of carbonyl (C=O) groups excluding carboxylic acids is 1. The van der Waals surface area contributed by atoms with E-state index in [2.05, 4.69) is 32.2 Å². The number of thiophene rings is 1. The van der Waals surface area contributed by atoms with Crippen LogP contribution in [0.15, 0.2) is 27.4 Å². The second kappa shape index (κ2) is 7.61. The van der Waals surface area contributed by atoms with Crippen molar-refractivity contribution >= 4 is 17.4 Å². The molecule has 1 aliphatic rings. The second-order valence-corrected chi connectivity index (χ2v) is 6.59. The minimum Gasteiger partial charge on any atom is -0.360 e. The second-order valence-electron chi connectivity index (χ2n) is 5.81. The van der Waals surface area contributed by atoms with Gasteiger partial charge in [-0.2, -0.15) is 11.3 Å². The van der Waals surface area contributed by atoms with Crippen molar-refractivity contribution in [3.8, 4) is 0 Å². The van der Waals surface area contributed by atoms with Crippen LogP contribution in [0.1, 0.15) is 17.0 Å². The van der Waals surface area contributed by atoms with Crippen LogP contribution in [0.3, 0.4) is 0 Å². The molecule has 3 rings (SSSR count). The van der Waals surface area contributed by atoms with E-state index >= 15 is 0 Å². The van der Waals surface area contributed by atoms with Crippen LogP contribution in [0.5, 0.6) is 0 Å². The first-order valence-corrected chi connectivity index (χ1v) is 8.83. The first-order valence-electron chi connectivity index (χ1n) is 7.89. The summed E-state index contributed by atoms with van der Waals surface area (Å²) in [7, 11) is 0. The molecule has 1 N–H and O–H groups in total. The Labute approximate surface area is 140 Å². The van der Waals surface area contributed by atoms with Crippen molar-refractivity contribution in [3.05, 3.63) is 39.9 Å². The van der Waals surface area contributed by atoms with Crippen molar-refractivity contribution in [2.45, 2.75) is 19.9 Å². The lowest BCUT2D eigenvalue weighted by atomic mass is 10.2. The van der Waals surface area contributed by atoms with E-state index in [1.165, 1.54) is 5.56 Å². The van der Waals surface area contributed by atoms with Crippen molar-refractivity contribution < 1.29 is 9.32 Å². The van der Waals surface area contributed by atoms with E-state index in [9.17, 15) is 4.79 Å². The topological polar surface area (TPSA) is 61.6 Å². The Balaban J connectivity index is 1.37. The number of rotatable bonds is 5. The Hall–Kier alpha value is -1.86. The Morgan fingerprint density at radius 3 is 2.87 bits per heavy atom. The van der Waals surface area contributed by atoms with Crippen molar-refractivity contribution in [1.82, 2.24) is 20.3 Å². The first-order chi connectivity index (χ1) is 11.2. The van der Waals surface area contributed by atoms with Gasteiger partial charge >= 0.3 is 6.03 Å². The molecule has 1 aliphatic heterocycles. The van der Waals surface area contributed by atoms with E-state index in [4.69, 9.17) is 4.52 Å². The van der Waals surface area contributed by atoms with E-state index in [0.29, 0.717) is 6.54 Å². The average Bonchev–Trinajstić information content (AvgIpc) is 3.20. The van der Waals surface area contributed by atoms with Crippen molar-refractivity contribution in [1.29, 1.82) is 0 Å². The molecule has 23 heavy (non-hydrogen) atoms. The van der Waals surface area contributed by atoms with Gasteiger partial charge in [0.1, 0.15) is 0 Å². The molecule has 0 saturated carbocycles. The van der Waals surface area contributed by atoms with Crippen LogP contribution >= 0.6 is 11.3 Å². The molecule has 1 saturated heterocycles. The minimum atomic E-state index is 0.0374. The zero-order valence-electron chi connectivity index (χ0n) is 13.3. The summed E-state index contributed by atoms with van der Waals surface area (Å²) in [4.78, 5) is 16.3. The third kappa shape index (κ3) is 4.56. The number of amides is 2. The zero-order valence-corrected chi connectivity index (χ0v) is 14.1. The molecule has 2 aromatic heterocycles. The molecule has 1 fully saturated rings. The number of urea groups is 1. The molecule has 0 bridgehead atoms. The number of nitrogens with zero attached hydrogens (tertiary/aromatic N) is 3. The van der Waals surface area contributed by atoms with Crippen LogP contribution < -0.4 is 5.32 Å². The lowest BCUT2D eigenvalue weighted by Crippen LogP contribution is -2.51. The molecule has 6 nitrogen and oxygen atoms in total. The van der Waals surface area contributed by atoms with Gasteiger partial charge in [0, 0.05) is 38.8 Å². The number of nitrogens with one attached hydrogen (secondary N) is 1. The molecule has 3 heterocycles. The fourth-order valence-corrected chi connectivity index (χ4v) is 3.38. The standard InChI is InChI=1S/C16H22N4O2S/c1-13-10-15(22-18-13)11-19-5-7-20(8-6-19)16(21)17-4-2-14-3-9-23-12-14/h3,9-10,12H,2,4-8,11H2,1H3,(H,17,21). The SMILES string of the molecule is Cc1cc(CN2CCN(C(=O)NCCc3ccsc3)CC2)on1. The predicted molar refractivity (Wildman–Crippen MR) is 89.5 cm³/mol. The van der Waals surface area contributed by atoms with Gasteiger partial charge in [0.2, 0.25) is 0 Å². The van der Waals surface area contributed by atoms with E-state index < -0.39 is 0 Å². The van der Waals surface area contributed by atoms with Crippen LogP contribution in [0.2, 0.25) is 0 Å². The molecule has 7 heteroatoms. The summed E-state index contributed by atoms with van der Waals surface area (Å²) in [6.45, 7) is 6.58. The Bertz CT molecular complexity index is 618. The fourth-order valence-electron chi connectivity index (χ4n) is 2.68. The molecule has 0 unspecified atom stereocenters. The number of hydrogen-bond acceptors (Lipinski definition) is 5. The first kappa shape index (κ1) is 16.0. The Kier molecular flexibility index (Phi) is 5.30. The van der Waals surface area contributed by atoms with E-state index in [0.717, 1.165) is 50.6 Å². The maximum atomic E-state index is 12.2. The molecule has 2 aromatic rings. The number of hydrogen-bond donors (Lipinski definition) is 1. The molecule has 2 amide bonds. The average molecular weight is 334 g/mol. The van der Waals surface area contributed by atoms with Crippen LogP contribution in [0.25, 0.3) is 0 Å². The molecule has 0 radical (unpaired) electrons. The van der Waals surface area contributed by atoms with E-state index in [1.807, 2.05) is 17.9 Å². The summed E-state index contributed by atoms with van der Waals surface area (Å²) in [5, 5.41) is 11.1. The smallest absolute Gasteiger partial charge is 0.317 e. The van der Waals surface area contributed by atoms with Gasteiger partial charge in [-0.25, -0.2) is 4.79 Å². The van der Waals surface area contributed by atoms with E-state index in [1.54, 1.807) is 11.3 Å². The monoisotopic (exact) mass is 334 g/mol. The van der Waals surface area contributed by atoms with Crippen LogP contribution in [0.4, 0.5) is 4.79 Å². The highest BCUT2D eigenvalue weighted by Gasteiger charge is 2.21. The fraction of sp³-hybridized carbons (Fsp3) is 0.500. The summed E-state index contributed by atoms with van der Waals surface area (Å²) in [5.41, 5.74) is 2.19. The summed E-state index contributed by atoms with van der Waals surface area (Å²) in [6, 6.07) is 4.10. The number of carbonyl (C=O) groups is 1. The van der Waals surface area contributed by atoms with Gasteiger partial charge in [0.15, 0.2) is 5.76 Å². The minimum absolute atomic E-state index is 0.0374. The largest absolute Gasteiger partial charge is 0.360 e. The molecule has 0 aromatic carbocycles. The number of piperazine rings is 1. The summed E-state index contributed by atoms with van der Waals surface area (Å²) in [5.74, 6) is 0.885. The molecule has 0 aliphatic carbocycles. The molecule has 0 spiro atoms. The molecular formula is C16H22N4O2S. The lowest BCUT2D eigenvalue weighted by molar-refractivity contribution is 0.128. The Morgan fingerprint density at radius 1 is 1.39 bits per heavy atom. The van der Waals surface area contributed by atoms with Gasteiger partial charge < -0.3 is 14.7 Å². The van der Waals surface area contributed by atoms with E-state index in [-0.39, 0.29) is 6.03 Å². The zero-order chi connectivity index (χ0) is 16.1. The molecule has 0 atom stereocenters. The summed E-state index contributed by atoms with van der Waals surface area (Å²) < 4.78 is 5.25. The summed E-state index contributed by atoms with van der Waals surface area (Å²) in [6.07, 6.45) is 0.889. The van der Waals surface area contributed by atoms with Crippen LogP contribution in [-0.4, -0.2) is 53.7 Å². The Morgan fingerprint density at radius 2 is 2.22 bits per heavy atom. The van der Waals surface area contributed by atoms with Gasteiger partial charge in [0.05, 0.1) is 12.2 Å².